The first-order chi connectivity index (χ1) is 4.67. The molecule has 0 radical (unpaired) electrons. The van der Waals surface area contributed by atoms with E-state index in [2.05, 4.69) is 20.8 Å². The molecular weight excluding hydrogens is 120 g/mol. The minimum atomic E-state index is 0.700. The van der Waals surface area contributed by atoms with Crippen LogP contribution in [0.4, 0.5) is 0 Å². The van der Waals surface area contributed by atoms with Crippen LogP contribution in [0.2, 0.25) is 0 Å². The summed E-state index contributed by atoms with van der Waals surface area (Å²) in [7, 11) is 0. The largest absolute Gasteiger partial charge is 0.0651 e. The Morgan fingerprint density at radius 2 is 2.10 bits per heavy atom. The number of rotatable bonds is 1. The molecule has 2 rings (SSSR count). The van der Waals surface area contributed by atoms with Gasteiger partial charge in [-0.3, -0.25) is 0 Å². The number of fused-ring (bicyclic) bond motifs is 1. The van der Waals surface area contributed by atoms with Gasteiger partial charge in [-0.05, 0) is 36.0 Å². The lowest BCUT2D eigenvalue weighted by Crippen LogP contribution is -2.11. The van der Waals surface area contributed by atoms with Gasteiger partial charge in [0.15, 0.2) is 0 Å². The van der Waals surface area contributed by atoms with Crippen molar-refractivity contribution < 1.29 is 0 Å². The second-order valence-electron chi connectivity index (χ2n) is 4.79. The normalized spacial score (nSPS) is 48.9. The molecule has 0 N–H and O–H groups in total. The molecule has 0 spiro atoms. The zero-order valence-corrected chi connectivity index (χ0v) is 7.35. The average molecular weight is 138 g/mol. The molecule has 0 heteroatoms. The molecule has 58 valence electrons. The predicted octanol–water partition coefficient (Wildman–Crippen LogP) is 3.08. The molecular formula is C10H18. The molecule has 2 aliphatic rings. The Labute approximate surface area is 64.0 Å². The van der Waals surface area contributed by atoms with Crippen molar-refractivity contribution in [2.24, 2.45) is 23.2 Å². The molecule has 0 aromatic carbocycles. The molecule has 0 aliphatic heterocycles. The second-order valence-corrected chi connectivity index (χ2v) is 4.79. The van der Waals surface area contributed by atoms with E-state index in [1.165, 1.54) is 19.3 Å². The third-order valence-electron chi connectivity index (χ3n) is 3.83. The fourth-order valence-corrected chi connectivity index (χ4v) is 3.26. The van der Waals surface area contributed by atoms with Crippen LogP contribution >= 0.6 is 0 Å². The van der Waals surface area contributed by atoms with Gasteiger partial charge in [0.25, 0.3) is 0 Å². The van der Waals surface area contributed by atoms with Crippen LogP contribution in [0.5, 0.6) is 0 Å². The predicted molar refractivity (Wildman–Crippen MR) is 43.8 cm³/mol. The van der Waals surface area contributed by atoms with Gasteiger partial charge in [0.05, 0.1) is 0 Å². The fourth-order valence-electron chi connectivity index (χ4n) is 3.26. The summed E-state index contributed by atoms with van der Waals surface area (Å²) in [6.07, 6.45) is 4.44. The fraction of sp³-hybridized carbons (Fsp3) is 1.00. The third kappa shape index (κ3) is 0.681. The van der Waals surface area contributed by atoms with E-state index in [1.807, 2.05) is 0 Å². The highest BCUT2D eigenvalue weighted by atomic mass is 14.6. The molecule has 2 saturated carbocycles. The van der Waals surface area contributed by atoms with Crippen molar-refractivity contribution in [2.75, 3.05) is 0 Å². The van der Waals surface area contributed by atoms with Gasteiger partial charge in [0.2, 0.25) is 0 Å². The van der Waals surface area contributed by atoms with E-state index in [-0.39, 0.29) is 0 Å². The highest BCUT2D eigenvalue weighted by Gasteiger charge is 2.59. The van der Waals surface area contributed by atoms with Crippen LogP contribution in [0.15, 0.2) is 0 Å². The van der Waals surface area contributed by atoms with E-state index in [4.69, 9.17) is 0 Å². The van der Waals surface area contributed by atoms with Crippen LogP contribution in [-0.4, -0.2) is 0 Å². The van der Waals surface area contributed by atoms with E-state index >= 15 is 0 Å². The van der Waals surface area contributed by atoms with Crippen LogP contribution in [0.3, 0.4) is 0 Å². The Hall–Kier alpha value is 0. The molecule has 2 unspecified atom stereocenters. The molecule has 0 heterocycles. The summed E-state index contributed by atoms with van der Waals surface area (Å²) in [6, 6.07) is 0. The van der Waals surface area contributed by atoms with Crippen molar-refractivity contribution in [2.45, 2.75) is 40.0 Å². The zero-order valence-electron chi connectivity index (χ0n) is 7.35. The minimum absolute atomic E-state index is 0.700. The highest BCUT2D eigenvalue weighted by molar-refractivity contribution is 5.08. The standard InChI is InChI=1S/C10H18/c1-4-7-8-5-6-10(2,3)9(7)8/h7-9H,4-6H2,1-3H3/t7?,8-,9?/m0/s1. The van der Waals surface area contributed by atoms with Crippen LogP contribution in [-0.2, 0) is 0 Å². The van der Waals surface area contributed by atoms with Crippen molar-refractivity contribution >= 4 is 0 Å². The molecule has 0 amide bonds. The summed E-state index contributed by atoms with van der Waals surface area (Å²) in [6.45, 7) is 7.25. The smallest absolute Gasteiger partial charge is 0.0301 e. The van der Waals surface area contributed by atoms with E-state index in [0.717, 1.165) is 17.8 Å². The second kappa shape index (κ2) is 1.78. The molecule has 0 nitrogen and oxygen atoms in total. The van der Waals surface area contributed by atoms with Gasteiger partial charge < -0.3 is 0 Å². The molecule has 10 heavy (non-hydrogen) atoms. The first-order valence-electron chi connectivity index (χ1n) is 4.67. The first kappa shape index (κ1) is 6.69. The summed E-state index contributed by atoms with van der Waals surface area (Å²) >= 11 is 0. The highest BCUT2D eigenvalue weighted by Crippen LogP contribution is 2.66. The summed E-state index contributed by atoms with van der Waals surface area (Å²) in [5, 5.41) is 0. The Morgan fingerprint density at radius 3 is 2.40 bits per heavy atom. The van der Waals surface area contributed by atoms with Crippen molar-refractivity contribution in [3.63, 3.8) is 0 Å². The molecule has 2 aliphatic carbocycles. The SMILES string of the molecule is CCC1C2[C@H]1CCC2(C)C. The quantitative estimate of drug-likeness (QED) is 0.522. The van der Waals surface area contributed by atoms with Crippen molar-refractivity contribution in [1.29, 1.82) is 0 Å². The number of hydrogen-bond acceptors (Lipinski definition) is 0. The maximum Gasteiger partial charge on any atom is -0.0301 e. The van der Waals surface area contributed by atoms with Crippen LogP contribution < -0.4 is 0 Å². The van der Waals surface area contributed by atoms with E-state index in [0.29, 0.717) is 5.41 Å². The average Bonchev–Trinajstić information content (AvgIpc) is 2.50. The topological polar surface area (TPSA) is 0 Å². The lowest BCUT2D eigenvalue weighted by atomic mass is 9.85. The number of hydrogen-bond donors (Lipinski definition) is 0. The Bertz CT molecular complexity index is 142. The van der Waals surface area contributed by atoms with Crippen LogP contribution in [0.1, 0.15) is 40.0 Å². The molecule has 3 atom stereocenters. The van der Waals surface area contributed by atoms with Gasteiger partial charge in [-0.1, -0.05) is 27.2 Å². The summed E-state index contributed by atoms with van der Waals surface area (Å²) in [5.41, 5.74) is 0.700. The lowest BCUT2D eigenvalue weighted by molar-refractivity contribution is 0.295. The van der Waals surface area contributed by atoms with E-state index in [1.54, 1.807) is 0 Å². The van der Waals surface area contributed by atoms with Crippen LogP contribution in [0, 0.1) is 23.2 Å². The van der Waals surface area contributed by atoms with Gasteiger partial charge in [0, 0.05) is 0 Å². The maximum absolute atomic E-state index is 2.45. The van der Waals surface area contributed by atoms with Gasteiger partial charge in [-0.2, -0.15) is 0 Å². The van der Waals surface area contributed by atoms with Gasteiger partial charge in [0.1, 0.15) is 0 Å². The maximum atomic E-state index is 2.45. The summed E-state index contributed by atoms with van der Waals surface area (Å²) in [4.78, 5) is 0. The molecule has 0 bridgehead atoms. The molecule has 0 aromatic heterocycles. The lowest BCUT2D eigenvalue weighted by Gasteiger charge is -2.20. The Kier molecular flexibility index (Phi) is 1.19. The molecule has 0 aromatic rings. The minimum Gasteiger partial charge on any atom is -0.0651 e. The first-order valence-corrected chi connectivity index (χ1v) is 4.67. The molecule has 2 fully saturated rings. The van der Waals surface area contributed by atoms with Crippen molar-refractivity contribution in [3.8, 4) is 0 Å². The zero-order chi connectivity index (χ0) is 7.35. The Morgan fingerprint density at radius 1 is 1.40 bits per heavy atom. The molecule has 0 saturated heterocycles. The van der Waals surface area contributed by atoms with Gasteiger partial charge in [-0.25, -0.2) is 0 Å². The monoisotopic (exact) mass is 138 g/mol. The van der Waals surface area contributed by atoms with Gasteiger partial charge in [-0.15, -0.1) is 0 Å². The van der Waals surface area contributed by atoms with Gasteiger partial charge >= 0.3 is 0 Å². The van der Waals surface area contributed by atoms with E-state index in [9.17, 15) is 0 Å². The summed E-state index contributed by atoms with van der Waals surface area (Å²) in [5.74, 6) is 3.36. The third-order valence-corrected chi connectivity index (χ3v) is 3.83. The Balaban J connectivity index is 2.07. The van der Waals surface area contributed by atoms with Crippen molar-refractivity contribution in [1.82, 2.24) is 0 Å². The van der Waals surface area contributed by atoms with Crippen molar-refractivity contribution in [3.05, 3.63) is 0 Å². The summed E-state index contributed by atoms with van der Waals surface area (Å²) < 4.78 is 0. The van der Waals surface area contributed by atoms with Crippen LogP contribution in [0.25, 0.3) is 0 Å². The van der Waals surface area contributed by atoms with E-state index < -0.39 is 0 Å².